The summed E-state index contributed by atoms with van der Waals surface area (Å²) in [4.78, 5) is 27.1. The molecule has 0 spiro atoms. The summed E-state index contributed by atoms with van der Waals surface area (Å²) >= 11 is 0. The highest BCUT2D eigenvalue weighted by Gasteiger charge is 2.33. The van der Waals surface area contributed by atoms with Gasteiger partial charge in [-0.25, -0.2) is 8.42 Å². The molecule has 0 saturated carbocycles. The average Bonchev–Trinajstić information content (AvgIpc) is 3.27. The zero-order chi connectivity index (χ0) is 23.2. The molecule has 0 radical (unpaired) electrons. The molecule has 0 bridgehead atoms. The number of fused-ring (bicyclic) bond motifs is 2. The summed E-state index contributed by atoms with van der Waals surface area (Å²) in [5.41, 5.74) is 2.71. The molecule has 3 aromatic rings. The molecule has 33 heavy (non-hydrogen) atoms. The third-order valence-corrected chi connectivity index (χ3v) is 7.66. The molecule has 0 aliphatic carbocycles. The molecule has 0 unspecified atom stereocenters. The van der Waals surface area contributed by atoms with Gasteiger partial charge in [-0.2, -0.15) is 0 Å². The van der Waals surface area contributed by atoms with Crippen molar-refractivity contribution in [2.24, 2.45) is 0 Å². The number of nitrogens with one attached hydrogen (secondary N) is 1. The summed E-state index contributed by atoms with van der Waals surface area (Å²) in [6.07, 6.45) is 0.622. The molecule has 0 atom stereocenters. The highest BCUT2D eigenvalue weighted by Crippen LogP contribution is 2.35. The van der Waals surface area contributed by atoms with Crippen LogP contribution in [0, 0.1) is 0 Å². The first kappa shape index (κ1) is 21.0. The lowest BCUT2D eigenvalue weighted by Gasteiger charge is -2.29. The topological polar surface area (TPSA) is 96.0 Å². The third-order valence-electron chi connectivity index (χ3n) is 5.85. The molecule has 0 fully saturated rings. The number of carbonyl (C=O) groups excluding carboxylic acids is 2. The maximum absolute atomic E-state index is 13.5. The molecule has 2 heterocycles. The van der Waals surface area contributed by atoms with Crippen LogP contribution >= 0.6 is 0 Å². The van der Waals surface area contributed by atoms with Gasteiger partial charge in [-0.3, -0.25) is 18.8 Å². The highest BCUT2D eigenvalue weighted by atomic mass is 32.2. The summed E-state index contributed by atoms with van der Waals surface area (Å²) in [5.74, 6) is -0.629. The number of para-hydroxylation sites is 3. The van der Waals surface area contributed by atoms with E-state index in [1.807, 2.05) is 12.1 Å². The molecule has 168 valence electrons. The Hall–Kier alpha value is -3.85. The largest absolute Gasteiger partial charge is 0.496 e. The predicted molar refractivity (Wildman–Crippen MR) is 124 cm³/mol. The lowest BCUT2D eigenvalue weighted by Crippen LogP contribution is -2.42. The van der Waals surface area contributed by atoms with E-state index in [2.05, 4.69) is 5.32 Å². The number of rotatable bonds is 4. The lowest BCUT2D eigenvalue weighted by molar-refractivity contribution is -0.115. The maximum atomic E-state index is 13.5. The standard InChI is InChI=1S/C24H21N3O5S/c1-32-22-11-10-17(33(30,31)27-13-12-16-6-2-4-8-20(16)27)14-18(22)24(29)26-15-23(28)25-19-7-3-5-9-21(19)26/h2-11,14H,12-13,15H2,1H3,(H,25,28). The van der Waals surface area contributed by atoms with Crippen LogP contribution < -0.4 is 19.3 Å². The van der Waals surface area contributed by atoms with Crippen LogP contribution in [-0.2, 0) is 21.2 Å². The van der Waals surface area contributed by atoms with Gasteiger partial charge in [0.05, 0.1) is 34.6 Å². The zero-order valence-corrected chi connectivity index (χ0v) is 18.6. The first-order valence-electron chi connectivity index (χ1n) is 10.4. The van der Waals surface area contributed by atoms with Gasteiger partial charge < -0.3 is 10.1 Å². The molecule has 9 heteroatoms. The van der Waals surface area contributed by atoms with Crippen molar-refractivity contribution in [1.29, 1.82) is 0 Å². The van der Waals surface area contributed by atoms with E-state index in [4.69, 9.17) is 4.74 Å². The number of ether oxygens (including phenoxy) is 1. The molecular weight excluding hydrogens is 442 g/mol. The summed E-state index contributed by atoms with van der Waals surface area (Å²) in [6, 6.07) is 18.5. The van der Waals surface area contributed by atoms with Gasteiger partial charge >= 0.3 is 0 Å². The molecule has 8 nitrogen and oxygen atoms in total. The van der Waals surface area contributed by atoms with Crippen molar-refractivity contribution in [3.8, 4) is 5.75 Å². The normalized spacial score (nSPS) is 15.0. The van der Waals surface area contributed by atoms with Crippen molar-refractivity contribution in [2.75, 3.05) is 34.7 Å². The summed E-state index contributed by atoms with van der Waals surface area (Å²) in [7, 11) is -2.50. The number of methoxy groups -OCH3 is 1. The Balaban J connectivity index is 1.56. The van der Waals surface area contributed by atoms with Crippen LogP contribution in [0.4, 0.5) is 17.1 Å². The third kappa shape index (κ3) is 3.50. The van der Waals surface area contributed by atoms with E-state index in [1.54, 1.807) is 36.4 Å². The number of hydrogen-bond acceptors (Lipinski definition) is 5. The molecule has 2 aliphatic heterocycles. The van der Waals surface area contributed by atoms with Gasteiger partial charge in [-0.05, 0) is 48.4 Å². The van der Waals surface area contributed by atoms with Crippen LogP contribution in [0.15, 0.2) is 71.6 Å². The summed E-state index contributed by atoms with van der Waals surface area (Å²) in [5, 5.41) is 2.74. The van der Waals surface area contributed by atoms with Gasteiger partial charge in [-0.15, -0.1) is 0 Å². The van der Waals surface area contributed by atoms with E-state index >= 15 is 0 Å². The second-order valence-corrected chi connectivity index (χ2v) is 9.64. The average molecular weight is 464 g/mol. The Labute approximate surface area is 191 Å². The fraction of sp³-hybridized carbons (Fsp3) is 0.167. The van der Waals surface area contributed by atoms with Crippen molar-refractivity contribution in [3.63, 3.8) is 0 Å². The van der Waals surface area contributed by atoms with Gasteiger partial charge in [0.25, 0.3) is 15.9 Å². The Morgan fingerprint density at radius 3 is 2.52 bits per heavy atom. The van der Waals surface area contributed by atoms with Gasteiger partial charge in [0.1, 0.15) is 12.3 Å². The fourth-order valence-electron chi connectivity index (χ4n) is 4.26. The van der Waals surface area contributed by atoms with Gasteiger partial charge in [-0.1, -0.05) is 30.3 Å². The molecule has 5 rings (SSSR count). The maximum Gasteiger partial charge on any atom is 0.264 e. The molecule has 1 N–H and O–H groups in total. The number of anilines is 3. The van der Waals surface area contributed by atoms with E-state index in [-0.39, 0.29) is 28.7 Å². The number of amides is 2. The van der Waals surface area contributed by atoms with Crippen molar-refractivity contribution >= 4 is 38.9 Å². The minimum absolute atomic E-state index is 0.0156. The van der Waals surface area contributed by atoms with Gasteiger partial charge in [0.15, 0.2) is 0 Å². The molecule has 3 aromatic carbocycles. The zero-order valence-electron chi connectivity index (χ0n) is 17.8. The Morgan fingerprint density at radius 2 is 1.73 bits per heavy atom. The molecule has 0 saturated heterocycles. The molecule has 2 aliphatic rings. The van der Waals surface area contributed by atoms with Crippen LogP contribution in [0.2, 0.25) is 0 Å². The molecule has 0 aromatic heterocycles. The van der Waals surface area contributed by atoms with Crippen molar-refractivity contribution in [2.45, 2.75) is 11.3 Å². The smallest absolute Gasteiger partial charge is 0.264 e. The predicted octanol–water partition coefficient (Wildman–Crippen LogP) is 3.05. The first-order chi connectivity index (χ1) is 15.9. The number of sulfonamides is 1. The minimum Gasteiger partial charge on any atom is -0.496 e. The lowest BCUT2D eigenvalue weighted by atomic mass is 10.1. The van der Waals surface area contributed by atoms with Gasteiger partial charge in [0, 0.05) is 6.54 Å². The quantitative estimate of drug-likeness (QED) is 0.642. The van der Waals surface area contributed by atoms with Gasteiger partial charge in [0.2, 0.25) is 5.91 Å². The number of nitrogens with zero attached hydrogens (tertiary/aromatic N) is 2. The second-order valence-electron chi connectivity index (χ2n) is 7.77. The molecular formula is C24H21N3O5S. The fourth-order valence-corrected chi connectivity index (χ4v) is 5.79. The number of hydrogen-bond donors (Lipinski definition) is 1. The van der Waals surface area contributed by atoms with E-state index in [0.29, 0.717) is 30.0 Å². The van der Waals surface area contributed by atoms with Crippen molar-refractivity contribution < 1.29 is 22.7 Å². The SMILES string of the molecule is COc1ccc(S(=O)(=O)N2CCc3ccccc32)cc1C(=O)N1CC(=O)Nc2ccccc21. The van der Waals surface area contributed by atoms with E-state index in [1.165, 1.54) is 34.5 Å². The van der Waals surface area contributed by atoms with Crippen molar-refractivity contribution in [1.82, 2.24) is 0 Å². The summed E-state index contributed by atoms with van der Waals surface area (Å²) in [6.45, 7) is 0.145. The van der Waals surface area contributed by atoms with Crippen LogP contribution in [0.3, 0.4) is 0 Å². The van der Waals surface area contributed by atoms with E-state index in [0.717, 1.165) is 5.56 Å². The van der Waals surface area contributed by atoms with Crippen LogP contribution in [0.1, 0.15) is 15.9 Å². The Morgan fingerprint density at radius 1 is 1.00 bits per heavy atom. The summed E-state index contributed by atoms with van der Waals surface area (Å²) < 4.78 is 33.7. The van der Waals surface area contributed by atoms with Crippen LogP contribution in [0.5, 0.6) is 5.75 Å². The Kier molecular flexibility index (Phi) is 5.05. The van der Waals surface area contributed by atoms with Crippen LogP contribution in [-0.4, -0.2) is 40.4 Å². The van der Waals surface area contributed by atoms with E-state index < -0.39 is 15.9 Å². The van der Waals surface area contributed by atoms with E-state index in [9.17, 15) is 18.0 Å². The highest BCUT2D eigenvalue weighted by molar-refractivity contribution is 7.92. The minimum atomic E-state index is -3.91. The second kappa shape index (κ2) is 7.93. The Bertz CT molecular complexity index is 1390. The van der Waals surface area contributed by atoms with Crippen LogP contribution in [0.25, 0.3) is 0 Å². The monoisotopic (exact) mass is 463 g/mol. The first-order valence-corrected chi connectivity index (χ1v) is 11.8. The number of carbonyl (C=O) groups is 2. The number of benzene rings is 3. The molecule has 2 amide bonds. The van der Waals surface area contributed by atoms with Crippen molar-refractivity contribution in [3.05, 3.63) is 77.9 Å².